The zero-order valence-corrected chi connectivity index (χ0v) is 11.8. The first-order chi connectivity index (χ1) is 8.22. The van der Waals surface area contributed by atoms with Crippen LogP contribution in [0.25, 0.3) is 0 Å². The summed E-state index contributed by atoms with van der Waals surface area (Å²) in [5.41, 5.74) is 0. The highest BCUT2D eigenvalue weighted by molar-refractivity contribution is 4.73. The van der Waals surface area contributed by atoms with Gasteiger partial charge in [-0.15, -0.1) is 0 Å². The van der Waals surface area contributed by atoms with Crippen LogP contribution in [0.3, 0.4) is 0 Å². The molecule has 0 aliphatic heterocycles. The molecule has 1 rings (SSSR count). The lowest BCUT2D eigenvalue weighted by molar-refractivity contribution is 0.137. The molecule has 0 aromatic carbocycles. The van der Waals surface area contributed by atoms with Gasteiger partial charge in [-0.3, -0.25) is 0 Å². The smallest absolute Gasteiger partial charge is 0.0667 e. The molecule has 0 spiro atoms. The molecule has 2 N–H and O–H groups in total. The van der Waals surface area contributed by atoms with Crippen molar-refractivity contribution in [3.8, 4) is 0 Å². The van der Waals surface area contributed by atoms with Gasteiger partial charge in [-0.25, -0.2) is 0 Å². The Hall–Kier alpha value is -0.0800. The number of aliphatic hydroxyl groups excluding tert-OH is 1. The third-order valence-electron chi connectivity index (χ3n) is 4.02. The summed E-state index contributed by atoms with van der Waals surface area (Å²) in [6.45, 7) is 5.26. The lowest BCUT2D eigenvalue weighted by Crippen LogP contribution is -2.34. The summed E-state index contributed by atoms with van der Waals surface area (Å²) < 4.78 is 0. The Morgan fingerprint density at radius 2 is 1.94 bits per heavy atom. The van der Waals surface area contributed by atoms with Crippen LogP contribution >= 0.6 is 0 Å². The van der Waals surface area contributed by atoms with Crippen LogP contribution in [0.4, 0.5) is 0 Å². The van der Waals surface area contributed by atoms with Gasteiger partial charge in [-0.05, 0) is 25.7 Å². The molecular weight excluding hydrogens is 210 g/mol. The monoisotopic (exact) mass is 241 g/mol. The van der Waals surface area contributed by atoms with Gasteiger partial charge in [0, 0.05) is 12.6 Å². The fourth-order valence-electron chi connectivity index (χ4n) is 2.85. The van der Waals surface area contributed by atoms with Crippen molar-refractivity contribution in [2.75, 3.05) is 6.54 Å². The average molecular weight is 241 g/mol. The van der Waals surface area contributed by atoms with Crippen molar-refractivity contribution in [2.24, 2.45) is 5.92 Å². The van der Waals surface area contributed by atoms with Crippen LogP contribution < -0.4 is 5.32 Å². The quantitative estimate of drug-likeness (QED) is 0.606. The molecule has 17 heavy (non-hydrogen) atoms. The Balaban J connectivity index is 1.99. The van der Waals surface area contributed by atoms with Crippen LogP contribution in [-0.2, 0) is 0 Å². The molecule has 0 bridgehead atoms. The Labute approximate surface area is 107 Å². The molecule has 1 aliphatic carbocycles. The standard InChI is InChI=1S/C15H31NO/c1-3-4-5-8-13(2)16-12-15(17)11-14-9-6-7-10-14/h13-17H,3-12H2,1-2H3. The summed E-state index contributed by atoms with van der Waals surface area (Å²) in [6, 6.07) is 0.555. The van der Waals surface area contributed by atoms with Crippen LogP contribution in [0, 0.1) is 5.92 Å². The van der Waals surface area contributed by atoms with E-state index >= 15 is 0 Å². The molecule has 0 radical (unpaired) electrons. The molecule has 1 aliphatic rings. The molecule has 102 valence electrons. The van der Waals surface area contributed by atoms with Crippen molar-refractivity contribution >= 4 is 0 Å². The van der Waals surface area contributed by atoms with E-state index in [-0.39, 0.29) is 6.10 Å². The van der Waals surface area contributed by atoms with Gasteiger partial charge in [0.25, 0.3) is 0 Å². The number of aliphatic hydroxyl groups is 1. The van der Waals surface area contributed by atoms with Gasteiger partial charge >= 0.3 is 0 Å². The highest BCUT2D eigenvalue weighted by atomic mass is 16.3. The summed E-state index contributed by atoms with van der Waals surface area (Å²) in [5, 5.41) is 13.4. The average Bonchev–Trinajstić information content (AvgIpc) is 2.79. The summed E-state index contributed by atoms with van der Waals surface area (Å²) in [6.07, 6.45) is 11.5. The van der Waals surface area contributed by atoms with Crippen LogP contribution in [0.15, 0.2) is 0 Å². The minimum atomic E-state index is -0.133. The summed E-state index contributed by atoms with van der Waals surface area (Å²) in [4.78, 5) is 0. The largest absolute Gasteiger partial charge is 0.392 e. The van der Waals surface area contributed by atoms with Gasteiger partial charge in [-0.2, -0.15) is 0 Å². The highest BCUT2D eigenvalue weighted by Gasteiger charge is 2.18. The molecule has 0 amide bonds. The zero-order valence-electron chi connectivity index (χ0n) is 11.8. The normalized spacial score (nSPS) is 20.6. The molecule has 2 heteroatoms. The van der Waals surface area contributed by atoms with Crippen molar-refractivity contribution < 1.29 is 5.11 Å². The number of nitrogens with one attached hydrogen (secondary N) is 1. The Kier molecular flexibility index (Phi) is 7.87. The molecule has 2 atom stereocenters. The summed E-state index contributed by atoms with van der Waals surface area (Å²) in [7, 11) is 0. The minimum Gasteiger partial charge on any atom is -0.392 e. The summed E-state index contributed by atoms with van der Waals surface area (Å²) in [5.74, 6) is 0.794. The van der Waals surface area contributed by atoms with Crippen molar-refractivity contribution in [2.45, 2.75) is 83.8 Å². The fraction of sp³-hybridized carbons (Fsp3) is 1.00. The molecule has 1 fully saturated rings. The lowest BCUT2D eigenvalue weighted by Gasteiger charge is -2.19. The van der Waals surface area contributed by atoms with E-state index in [1.807, 2.05) is 0 Å². The summed E-state index contributed by atoms with van der Waals surface area (Å²) >= 11 is 0. The van der Waals surface area contributed by atoms with Crippen LogP contribution in [0.2, 0.25) is 0 Å². The van der Waals surface area contributed by atoms with Gasteiger partial charge < -0.3 is 10.4 Å². The number of unbranched alkanes of at least 4 members (excludes halogenated alkanes) is 2. The van der Waals surface area contributed by atoms with Gasteiger partial charge in [0.2, 0.25) is 0 Å². The van der Waals surface area contributed by atoms with Crippen LogP contribution in [0.1, 0.15) is 71.6 Å². The molecule has 0 aromatic rings. The molecule has 2 nitrogen and oxygen atoms in total. The maximum absolute atomic E-state index is 9.97. The number of hydrogen-bond acceptors (Lipinski definition) is 2. The second-order valence-electron chi connectivity index (χ2n) is 5.85. The molecule has 1 saturated carbocycles. The van der Waals surface area contributed by atoms with Gasteiger partial charge in [-0.1, -0.05) is 51.9 Å². The minimum absolute atomic E-state index is 0.133. The van der Waals surface area contributed by atoms with E-state index in [0.717, 1.165) is 18.9 Å². The highest BCUT2D eigenvalue weighted by Crippen LogP contribution is 2.28. The van der Waals surface area contributed by atoms with E-state index in [0.29, 0.717) is 6.04 Å². The van der Waals surface area contributed by atoms with Crippen LogP contribution in [0.5, 0.6) is 0 Å². The van der Waals surface area contributed by atoms with Crippen LogP contribution in [-0.4, -0.2) is 23.8 Å². The number of hydrogen-bond donors (Lipinski definition) is 2. The second kappa shape index (κ2) is 8.93. The Bertz CT molecular complexity index is 178. The van der Waals surface area contributed by atoms with Gasteiger partial charge in [0.1, 0.15) is 0 Å². The van der Waals surface area contributed by atoms with Gasteiger partial charge in [0.05, 0.1) is 6.10 Å². The molecular formula is C15H31NO. The maximum Gasteiger partial charge on any atom is 0.0667 e. The van der Waals surface area contributed by atoms with Crippen molar-refractivity contribution in [1.82, 2.24) is 5.32 Å². The first kappa shape index (κ1) is 15.0. The molecule has 0 heterocycles. The first-order valence-electron chi connectivity index (χ1n) is 7.63. The topological polar surface area (TPSA) is 32.3 Å². The first-order valence-corrected chi connectivity index (χ1v) is 7.63. The molecule has 0 saturated heterocycles. The third kappa shape index (κ3) is 7.05. The van der Waals surface area contributed by atoms with Crippen molar-refractivity contribution in [3.05, 3.63) is 0 Å². The lowest BCUT2D eigenvalue weighted by atomic mass is 10.00. The SMILES string of the molecule is CCCCCC(C)NCC(O)CC1CCCC1. The third-order valence-corrected chi connectivity index (χ3v) is 4.02. The second-order valence-corrected chi connectivity index (χ2v) is 5.85. The number of rotatable bonds is 9. The van der Waals surface area contributed by atoms with E-state index in [9.17, 15) is 5.11 Å². The zero-order chi connectivity index (χ0) is 12.5. The molecule has 2 unspecified atom stereocenters. The predicted molar refractivity (Wildman–Crippen MR) is 74.2 cm³/mol. The van der Waals surface area contributed by atoms with E-state index < -0.39 is 0 Å². The van der Waals surface area contributed by atoms with E-state index in [2.05, 4.69) is 19.2 Å². The van der Waals surface area contributed by atoms with Gasteiger partial charge in [0.15, 0.2) is 0 Å². The fourth-order valence-corrected chi connectivity index (χ4v) is 2.85. The maximum atomic E-state index is 9.97. The van der Waals surface area contributed by atoms with E-state index in [1.54, 1.807) is 0 Å². The van der Waals surface area contributed by atoms with Crippen molar-refractivity contribution in [1.29, 1.82) is 0 Å². The predicted octanol–water partition coefficient (Wildman–Crippen LogP) is 3.49. The Morgan fingerprint density at radius 1 is 1.24 bits per heavy atom. The Morgan fingerprint density at radius 3 is 2.59 bits per heavy atom. The molecule has 0 aromatic heterocycles. The van der Waals surface area contributed by atoms with E-state index in [4.69, 9.17) is 0 Å². The van der Waals surface area contributed by atoms with Crippen molar-refractivity contribution in [3.63, 3.8) is 0 Å². The van der Waals surface area contributed by atoms with E-state index in [1.165, 1.54) is 51.4 Å².